The van der Waals surface area contributed by atoms with E-state index in [9.17, 15) is 29.7 Å². The number of hydrogen-bond acceptors (Lipinski definition) is 13. The third-order valence-electron chi connectivity index (χ3n) is 10.4. The minimum absolute atomic E-state index is 0.0309. The van der Waals surface area contributed by atoms with Gasteiger partial charge in [-0.3, -0.25) is 28.9 Å². The number of ketones is 4. The Balaban J connectivity index is 1.04. The van der Waals surface area contributed by atoms with E-state index in [1.807, 2.05) is 12.1 Å². The van der Waals surface area contributed by atoms with E-state index in [2.05, 4.69) is 9.69 Å². The highest BCUT2D eigenvalue weighted by molar-refractivity contribution is 7.34. The fourth-order valence-electron chi connectivity index (χ4n) is 7.83. The zero-order valence-electron chi connectivity index (χ0n) is 27.9. The molecule has 4 aromatic heterocycles. The average molecular weight is 789 g/mol. The monoisotopic (exact) mass is 788 g/mol. The van der Waals surface area contributed by atoms with Gasteiger partial charge in [0.25, 0.3) is 0 Å². The van der Waals surface area contributed by atoms with Gasteiger partial charge in [-0.1, -0.05) is 18.6 Å². The molecule has 0 amide bonds. The maximum absolute atomic E-state index is 13.4. The fourth-order valence-corrected chi connectivity index (χ4v) is 12.8. The van der Waals surface area contributed by atoms with Crippen molar-refractivity contribution in [1.29, 1.82) is 10.5 Å². The van der Waals surface area contributed by atoms with Crippen LogP contribution in [0.15, 0.2) is 35.4 Å². The summed E-state index contributed by atoms with van der Waals surface area (Å²) in [6.45, 7) is 14.8. The topological polar surface area (TPSA) is 160 Å². The van der Waals surface area contributed by atoms with Gasteiger partial charge in [-0.2, -0.15) is 10.5 Å². The van der Waals surface area contributed by atoms with Crippen LogP contribution in [0.25, 0.3) is 50.7 Å². The van der Waals surface area contributed by atoms with Gasteiger partial charge < -0.3 is 4.74 Å². The highest BCUT2D eigenvalue weighted by atomic mass is 32.1. The first-order chi connectivity index (χ1) is 26.7. The van der Waals surface area contributed by atoms with Crippen molar-refractivity contribution < 1.29 is 23.9 Å². The molecule has 0 unspecified atom stereocenters. The molecule has 1 fully saturated rings. The number of ether oxygens (including phenoxy) is 1. The molecule has 0 saturated heterocycles. The molecule has 0 bridgehead atoms. The number of nitrogens with zero attached hydrogens (tertiary/aromatic N) is 6. The zero-order chi connectivity index (χ0) is 37.9. The molecule has 0 N–H and O–H groups in total. The molecule has 0 atom stereocenters. The van der Waals surface area contributed by atoms with Crippen LogP contribution in [0.3, 0.4) is 0 Å². The number of rotatable bonds is 2. The first-order valence-electron chi connectivity index (χ1n) is 16.8. The Morgan fingerprint density at radius 2 is 1.15 bits per heavy atom. The second-order valence-corrected chi connectivity index (χ2v) is 17.4. The Hall–Kier alpha value is -6.46. The summed E-state index contributed by atoms with van der Waals surface area (Å²) in [4.78, 5) is 73.3. The Labute approximate surface area is 326 Å². The van der Waals surface area contributed by atoms with Crippen molar-refractivity contribution in [1.82, 2.24) is 9.97 Å². The first-order valence-corrected chi connectivity index (χ1v) is 20.0. The van der Waals surface area contributed by atoms with Gasteiger partial charge in [0.05, 0.1) is 49.9 Å². The molecule has 4 aliphatic rings. The van der Waals surface area contributed by atoms with E-state index in [-0.39, 0.29) is 55.9 Å². The predicted molar refractivity (Wildman–Crippen MR) is 207 cm³/mol. The summed E-state index contributed by atoms with van der Waals surface area (Å²) in [6.07, 6.45) is 7.54. The van der Waals surface area contributed by atoms with Crippen molar-refractivity contribution in [3.63, 3.8) is 0 Å². The number of Topliss-reactive ketones (excluding diaryl/α,β-unsaturated/α-hetero) is 4. The summed E-state index contributed by atoms with van der Waals surface area (Å²) in [7, 11) is 0. The van der Waals surface area contributed by atoms with Crippen LogP contribution >= 0.6 is 45.3 Å². The van der Waals surface area contributed by atoms with Gasteiger partial charge in [0.15, 0.2) is 40.3 Å². The number of carbonyl (C=O) groups is 4. The van der Waals surface area contributed by atoms with Crippen molar-refractivity contribution in [3.05, 3.63) is 107 Å². The summed E-state index contributed by atoms with van der Waals surface area (Å²) >= 11 is 5.72. The zero-order valence-corrected chi connectivity index (χ0v) is 31.1. The summed E-state index contributed by atoms with van der Waals surface area (Å²) in [5.74, 6) is -1.30. The third-order valence-corrected chi connectivity index (χ3v) is 14.9. The Kier molecular flexibility index (Phi) is 7.09. The standard InChI is InChI=1S/C40H16N6O5S4/c1-43-24-10-20-21(11-25(24)44-2)32(50)23(31(20)49)12-26-45-38-35(52-26)28-34(54-38)36-33(51-40(28)6-4-3-5-7-40)37-39(55-36)46-27(53-37)13-22-29(47)18-8-16(14-41)17(15-42)9-19(18)30(22)48/h8-13H,3-7H2. The lowest BCUT2D eigenvalue weighted by Crippen LogP contribution is -2.37. The van der Waals surface area contributed by atoms with Crippen LogP contribution in [0, 0.1) is 35.8 Å². The lowest BCUT2D eigenvalue weighted by molar-refractivity contribution is 0.0282. The van der Waals surface area contributed by atoms with Gasteiger partial charge >= 0.3 is 0 Å². The molecule has 3 aliphatic carbocycles. The molecule has 5 heterocycles. The summed E-state index contributed by atoms with van der Waals surface area (Å²) in [5, 5.41) is 19.8. The number of fused-ring (bicyclic) bond motifs is 10. The molecule has 10 rings (SSSR count). The maximum atomic E-state index is 13.4. The second kappa shape index (κ2) is 11.8. The van der Waals surface area contributed by atoms with E-state index in [1.165, 1.54) is 81.8 Å². The highest BCUT2D eigenvalue weighted by Crippen LogP contribution is 2.62. The molecule has 6 aromatic rings. The van der Waals surface area contributed by atoms with Gasteiger partial charge in [-0.25, -0.2) is 9.97 Å². The molecule has 15 heteroatoms. The van der Waals surface area contributed by atoms with E-state index >= 15 is 0 Å². The van der Waals surface area contributed by atoms with Crippen LogP contribution in [-0.4, -0.2) is 33.1 Å². The molecule has 11 nitrogen and oxygen atoms in total. The van der Waals surface area contributed by atoms with Gasteiger partial charge in [-0.05, 0) is 50.0 Å². The van der Waals surface area contributed by atoms with Crippen LogP contribution < -0.4 is 4.74 Å². The fraction of sp³-hybridized carbons (Fsp3) is 0.150. The van der Waals surface area contributed by atoms with Gasteiger partial charge in [0, 0.05) is 27.8 Å². The molecular formula is C40H16N6O5S4. The number of benzene rings is 2. The maximum Gasteiger partial charge on any atom is 0.197 e. The number of aromatic nitrogens is 2. The SMILES string of the molecule is [C-]#[N+]c1cc2c(cc1[N+]#[C-])C(=O)C(=Cc1nc3sc4c(c3s1)C1(CCCCC1)Oc1c-4sc3nc(C=C4C(=O)c5cc(C#N)c(C#N)cc5C4=O)sc13)C2=O. The highest BCUT2D eigenvalue weighted by Gasteiger charge is 2.47. The van der Waals surface area contributed by atoms with Crippen molar-refractivity contribution in [2.24, 2.45) is 0 Å². The van der Waals surface area contributed by atoms with Crippen LogP contribution in [0.1, 0.15) is 100 Å². The number of allylic oxidation sites excluding steroid dienone is 2. The molecule has 55 heavy (non-hydrogen) atoms. The molecular weight excluding hydrogens is 773 g/mol. The van der Waals surface area contributed by atoms with E-state index in [0.29, 0.717) is 14.8 Å². The predicted octanol–water partition coefficient (Wildman–Crippen LogP) is 10.0. The van der Waals surface area contributed by atoms with E-state index in [1.54, 1.807) is 0 Å². The molecule has 2 aromatic carbocycles. The van der Waals surface area contributed by atoms with Crippen LogP contribution in [0.5, 0.6) is 5.75 Å². The van der Waals surface area contributed by atoms with Crippen molar-refractivity contribution >= 4 is 111 Å². The second-order valence-electron chi connectivity index (χ2n) is 13.3. The van der Waals surface area contributed by atoms with E-state index in [0.717, 1.165) is 67.4 Å². The van der Waals surface area contributed by atoms with Crippen molar-refractivity contribution in [2.75, 3.05) is 0 Å². The number of nitriles is 2. The molecule has 1 spiro atoms. The normalized spacial score (nSPS) is 16.3. The minimum atomic E-state index is -0.635. The van der Waals surface area contributed by atoms with Gasteiger partial charge in [-0.15, -0.1) is 45.3 Å². The summed E-state index contributed by atoms with van der Waals surface area (Å²) in [6, 6.07) is 9.07. The van der Waals surface area contributed by atoms with Gasteiger partial charge in [0.2, 0.25) is 0 Å². The Morgan fingerprint density at radius 1 is 0.673 bits per heavy atom. The lowest BCUT2D eigenvalue weighted by atomic mass is 9.78. The molecule has 0 radical (unpaired) electrons. The molecule has 260 valence electrons. The van der Waals surface area contributed by atoms with Crippen LogP contribution in [0.2, 0.25) is 0 Å². The van der Waals surface area contributed by atoms with Crippen LogP contribution in [0.4, 0.5) is 11.4 Å². The van der Waals surface area contributed by atoms with Crippen molar-refractivity contribution in [3.8, 4) is 27.6 Å². The number of thiophene rings is 2. The van der Waals surface area contributed by atoms with E-state index in [4.69, 9.17) is 27.8 Å². The van der Waals surface area contributed by atoms with E-state index < -0.39 is 28.7 Å². The van der Waals surface area contributed by atoms with Gasteiger partial charge in [0.1, 0.15) is 42.1 Å². The molecule has 1 aliphatic heterocycles. The first kappa shape index (κ1) is 33.1. The Bertz CT molecular complexity index is 3030. The number of thiazole rings is 2. The smallest absolute Gasteiger partial charge is 0.197 e. The number of hydrogen-bond donors (Lipinski definition) is 0. The third kappa shape index (κ3) is 4.59. The number of carbonyl (C=O) groups excluding carboxylic acids is 4. The average Bonchev–Trinajstić information content (AvgIpc) is 4.02. The Morgan fingerprint density at radius 3 is 1.65 bits per heavy atom. The molecule has 1 saturated carbocycles. The minimum Gasteiger partial charge on any atom is -0.479 e. The largest absolute Gasteiger partial charge is 0.479 e. The lowest BCUT2D eigenvalue weighted by Gasteiger charge is -2.40. The summed E-state index contributed by atoms with van der Waals surface area (Å²) < 4.78 is 8.82. The van der Waals surface area contributed by atoms with Crippen molar-refractivity contribution in [2.45, 2.75) is 37.7 Å². The van der Waals surface area contributed by atoms with Crippen LogP contribution in [-0.2, 0) is 5.60 Å². The summed E-state index contributed by atoms with van der Waals surface area (Å²) in [5.41, 5.74) is 0.868. The quantitative estimate of drug-likeness (QED) is 0.0945.